The molecule has 0 aliphatic heterocycles. The van der Waals surface area contributed by atoms with Crippen molar-refractivity contribution in [1.29, 1.82) is 0 Å². The standard InChI is InChI=1S/C13H15FN4O/c1-3-15-11(10-5-4-9(14)8-18-10)12-13(19-2)17-7-6-16-12/h4-8,11,15H,3H2,1-2H3. The molecule has 5 nitrogen and oxygen atoms in total. The number of rotatable bonds is 5. The lowest BCUT2D eigenvalue weighted by atomic mass is 10.1. The molecule has 2 rings (SSSR count). The van der Waals surface area contributed by atoms with E-state index in [-0.39, 0.29) is 11.9 Å². The van der Waals surface area contributed by atoms with Crippen molar-refractivity contribution in [3.05, 3.63) is 47.9 Å². The number of pyridine rings is 1. The van der Waals surface area contributed by atoms with E-state index >= 15 is 0 Å². The first-order valence-corrected chi connectivity index (χ1v) is 5.96. The van der Waals surface area contributed by atoms with Crippen molar-refractivity contribution in [1.82, 2.24) is 20.3 Å². The fourth-order valence-corrected chi connectivity index (χ4v) is 1.79. The Kier molecular flexibility index (Phi) is 4.35. The van der Waals surface area contributed by atoms with E-state index < -0.39 is 0 Å². The maximum Gasteiger partial charge on any atom is 0.237 e. The second-order valence-electron chi connectivity index (χ2n) is 3.84. The highest BCUT2D eigenvalue weighted by molar-refractivity contribution is 5.29. The highest BCUT2D eigenvalue weighted by Crippen LogP contribution is 2.24. The molecular formula is C13H15FN4O. The zero-order chi connectivity index (χ0) is 13.7. The summed E-state index contributed by atoms with van der Waals surface area (Å²) in [5.74, 6) is 0.0599. The molecule has 1 N–H and O–H groups in total. The number of ether oxygens (including phenoxy) is 1. The van der Waals surface area contributed by atoms with Crippen molar-refractivity contribution in [3.63, 3.8) is 0 Å². The summed E-state index contributed by atoms with van der Waals surface area (Å²) in [5.41, 5.74) is 1.30. The van der Waals surface area contributed by atoms with Crippen LogP contribution in [-0.4, -0.2) is 28.6 Å². The van der Waals surface area contributed by atoms with Gasteiger partial charge in [0.15, 0.2) is 0 Å². The van der Waals surface area contributed by atoms with Gasteiger partial charge in [-0.25, -0.2) is 9.37 Å². The van der Waals surface area contributed by atoms with Crippen molar-refractivity contribution < 1.29 is 9.13 Å². The van der Waals surface area contributed by atoms with Crippen LogP contribution in [0.15, 0.2) is 30.7 Å². The van der Waals surface area contributed by atoms with Gasteiger partial charge in [0, 0.05) is 12.4 Å². The predicted molar refractivity (Wildman–Crippen MR) is 68.3 cm³/mol. The Morgan fingerprint density at radius 1 is 1.26 bits per heavy atom. The van der Waals surface area contributed by atoms with Gasteiger partial charge in [-0.15, -0.1) is 0 Å². The van der Waals surface area contributed by atoms with Crippen LogP contribution in [0.5, 0.6) is 5.88 Å². The number of methoxy groups -OCH3 is 1. The van der Waals surface area contributed by atoms with E-state index in [0.29, 0.717) is 23.8 Å². The van der Waals surface area contributed by atoms with Crippen LogP contribution in [0, 0.1) is 5.82 Å². The third-order valence-electron chi connectivity index (χ3n) is 2.61. The molecule has 0 aliphatic rings. The Morgan fingerprint density at radius 3 is 2.68 bits per heavy atom. The Labute approximate surface area is 110 Å². The van der Waals surface area contributed by atoms with Gasteiger partial charge in [-0.2, -0.15) is 0 Å². The largest absolute Gasteiger partial charge is 0.480 e. The summed E-state index contributed by atoms with van der Waals surface area (Å²) in [6.45, 7) is 2.68. The van der Waals surface area contributed by atoms with E-state index in [2.05, 4.69) is 20.3 Å². The van der Waals surface area contributed by atoms with E-state index in [0.717, 1.165) is 0 Å². The van der Waals surface area contributed by atoms with Gasteiger partial charge in [0.1, 0.15) is 11.5 Å². The lowest BCUT2D eigenvalue weighted by molar-refractivity contribution is 0.382. The van der Waals surface area contributed by atoms with Crippen LogP contribution in [0.4, 0.5) is 4.39 Å². The maximum atomic E-state index is 12.9. The normalized spacial score (nSPS) is 12.2. The van der Waals surface area contributed by atoms with Crippen molar-refractivity contribution in [2.24, 2.45) is 0 Å². The molecule has 6 heteroatoms. The van der Waals surface area contributed by atoms with E-state index in [9.17, 15) is 4.39 Å². The van der Waals surface area contributed by atoms with Gasteiger partial charge in [-0.05, 0) is 18.7 Å². The molecule has 0 aromatic carbocycles. The van der Waals surface area contributed by atoms with Gasteiger partial charge in [-0.3, -0.25) is 9.97 Å². The third kappa shape index (κ3) is 3.03. The van der Waals surface area contributed by atoms with Crippen LogP contribution in [0.1, 0.15) is 24.4 Å². The summed E-state index contributed by atoms with van der Waals surface area (Å²) < 4.78 is 18.2. The van der Waals surface area contributed by atoms with Crippen LogP contribution in [0.25, 0.3) is 0 Å². The monoisotopic (exact) mass is 262 g/mol. The molecule has 0 aliphatic carbocycles. The average Bonchev–Trinajstić information content (AvgIpc) is 2.46. The molecule has 1 atom stereocenters. The Balaban J connectivity index is 2.42. The predicted octanol–water partition coefficient (Wildman–Crippen LogP) is 1.72. The van der Waals surface area contributed by atoms with E-state index in [1.807, 2.05) is 6.92 Å². The second-order valence-corrected chi connectivity index (χ2v) is 3.84. The Bertz CT molecular complexity index is 532. The minimum absolute atomic E-state index is 0.283. The third-order valence-corrected chi connectivity index (χ3v) is 2.61. The van der Waals surface area contributed by atoms with Crippen molar-refractivity contribution in [2.45, 2.75) is 13.0 Å². The zero-order valence-corrected chi connectivity index (χ0v) is 10.8. The van der Waals surface area contributed by atoms with E-state index in [1.165, 1.54) is 19.4 Å². The molecule has 0 spiro atoms. The van der Waals surface area contributed by atoms with Crippen molar-refractivity contribution in [2.75, 3.05) is 13.7 Å². The smallest absolute Gasteiger partial charge is 0.237 e. The summed E-state index contributed by atoms with van der Waals surface area (Å²) in [6, 6.07) is 2.71. The molecule has 1 unspecified atom stereocenters. The fourth-order valence-electron chi connectivity index (χ4n) is 1.79. The minimum Gasteiger partial charge on any atom is -0.480 e. The molecule has 0 bridgehead atoms. The van der Waals surface area contributed by atoms with Gasteiger partial charge in [0.05, 0.1) is 25.0 Å². The number of nitrogens with one attached hydrogen (secondary N) is 1. The molecule has 0 fully saturated rings. The summed E-state index contributed by atoms with van der Waals surface area (Å²) in [7, 11) is 1.54. The highest BCUT2D eigenvalue weighted by atomic mass is 19.1. The van der Waals surface area contributed by atoms with Crippen LogP contribution >= 0.6 is 0 Å². The minimum atomic E-state index is -0.370. The summed E-state index contributed by atoms with van der Waals surface area (Å²) in [6.07, 6.45) is 4.33. The lowest BCUT2D eigenvalue weighted by Gasteiger charge is -2.18. The first-order valence-electron chi connectivity index (χ1n) is 5.96. The molecular weight excluding hydrogens is 247 g/mol. The molecule has 0 amide bonds. The van der Waals surface area contributed by atoms with Crippen LogP contribution in [-0.2, 0) is 0 Å². The van der Waals surface area contributed by atoms with E-state index in [1.54, 1.807) is 18.5 Å². The number of nitrogens with zero attached hydrogens (tertiary/aromatic N) is 3. The maximum absolute atomic E-state index is 12.9. The summed E-state index contributed by atoms with van der Waals surface area (Å²) in [5, 5.41) is 3.24. The van der Waals surface area contributed by atoms with Crippen molar-refractivity contribution >= 4 is 0 Å². The molecule has 0 saturated heterocycles. The average molecular weight is 262 g/mol. The van der Waals surface area contributed by atoms with Gasteiger partial charge >= 0.3 is 0 Å². The molecule has 0 radical (unpaired) electrons. The zero-order valence-electron chi connectivity index (χ0n) is 10.8. The molecule has 19 heavy (non-hydrogen) atoms. The fraction of sp³-hybridized carbons (Fsp3) is 0.308. The molecule has 2 aromatic heterocycles. The van der Waals surface area contributed by atoms with Gasteiger partial charge in [0.2, 0.25) is 5.88 Å². The SMILES string of the molecule is CCNC(c1ccc(F)cn1)c1nccnc1OC. The van der Waals surface area contributed by atoms with Crippen LogP contribution < -0.4 is 10.1 Å². The highest BCUT2D eigenvalue weighted by Gasteiger charge is 2.20. The topological polar surface area (TPSA) is 59.9 Å². The van der Waals surface area contributed by atoms with Gasteiger partial charge in [0.25, 0.3) is 0 Å². The molecule has 2 aromatic rings. The molecule has 100 valence electrons. The van der Waals surface area contributed by atoms with E-state index in [4.69, 9.17) is 4.74 Å². The number of halogens is 1. The summed E-state index contributed by atoms with van der Waals surface area (Å²) in [4.78, 5) is 12.5. The number of hydrogen-bond donors (Lipinski definition) is 1. The molecule has 2 heterocycles. The van der Waals surface area contributed by atoms with Crippen LogP contribution in [0.3, 0.4) is 0 Å². The Morgan fingerprint density at radius 2 is 2.05 bits per heavy atom. The lowest BCUT2D eigenvalue weighted by Crippen LogP contribution is -2.24. The summed E-state index contributed by atoms with van der Waals surface area (Å²) >= 11 is 0. The second kappa shape index (κ2) is 6.19. The van der Waals surface area contributed by atoms with Gasteiger partial charge in [-0.1, -0.05) is 6.92 Å². The first kappa shape index (κ1) is 13.4. The van der Waals surface area contributed by atoms with Crippen LogP contribution in [0.2, 0.25) is 0 Å². The van der Waals surface area contributed by atoms with Crippen molar-refractivity contribution in [3.8, 4) is 5.88 Å². The molecule has 0 saturated carbocycles. The van der Waals surface area contributed by atoms with Gasteiger partial charge < -0.3 is 10.1 Å². The first-order chi connectivity index (χ1) is 9.26. The number of hydrogen-bond acceptors (Lipinski definition) is 5. The quantitative estimate of drug-likeness (QED) is 0.889. The number of aromatic nitrogens is 3. The Hall–Kier alpha value is -2.08.